The summed E-state index contributed by atoms with van der Waals surface area (Å²) < 4.78 is 0. The number of nitrogens with two attached hydrogens (primary N) is 1. The van der Waals surface area contributed by atoms with Crippen molar-refractivity contribution in [2.24, 2.45) is 11.7 Å². The lowest BCUT2D eigenvalue weighted by Crippen LogP contribution is -2.36. The van der Waals surface area contributed by atoms with Crippen LogP contribution in [0, 0.1) is 5.92 Å². The predicted octanol–water partition coefficient (Wildman–Crippen LogP) is 2.95. The summed E-state index contributed by atoms with van der Waals surface area (Å²) in [4.78, 5) is 12.0. The standard InChI is InChI=1S/C15H24N2O/c1-4-7-12-8-5-6-9-14(12)17-15(18)13(16)10-11(2)3/h5-6,8-9,11,13H,4,7,10,16H2,1-3H3,(H,17,18). The molecule has 0 heterocycles. The van der Waals surface area contributed by atoms with Crippen molar-refractivity contribution in [1.82, 2.24) is 0 Å². The summed E-state index contributed by atoms with van der Waals surface area (Å²) in [6.45, 7) is 6.26. The molecule has 0 aliphatic rings. The van der Waals surface area contributed by atoms with Gasteiger partial charge in [-0.3, -0.25) is 4.79 Å². The average molecular weight is 248 g/mol. The van der Waals surface area contributed by atoms with Crippen molar-refractivity contribution >= 4 is 11.6 Å². The molecule has 3 nitrogen and oxygen atoms in total. The second-order valence-electron chi connectivity index (χ2n) is 5.13. The van der Waals surface area contributed by atoms with E-state index in [4.69, 9.17) is 5.73 Å². The zero-order valence-corrected chi connectivity index (χ0v) is 11.6. The van der Waals surface area contributed by atoms with E-state index in [0.29, 0.717) is 12.3 Å². The molecule has 0 spiro atoms. The van der Waals surface area contributed by atoms with E-state index in [2.05, 4.69) is 26.1 Å². The van der Waals surface area contributed by atoms with Crippen LogP contribution in [0.25, 0.3) is 0 Å². The Kier molecular flexibility index (Phi) is 5.86. The van der Waals surface area contributed by atoms with E-state index in [-0.39, 0.29) is 5.91 Å². The molecule has 100 valence electrons. The SMILES string of the molecule is CCCc1ccccc1NC(=O)C(N)CC(C)C. The Labute approximate surface area is 110 Å². The predicted molar refractivity (Wildman–Crippen MR) is 76.5 cm³/mol. The van der Waals surface area contributed by atoms with Crippen LogP contribution in [0.15, 0.2) is 24.3 Å². The number of para-hydroxylation sites is 1. The summed E-state index contributed by atoms with van der Waals surface area (Å²) in [5.41, 5.74) is 7.94. The lowest BCUT2D eigenvalue weighted by Gasteiger charge is -2.16. The number of rotatable bonds is 6. The maximum Gasteiger partial charge on any atom is 0.241 e. The van der Waals surface area contributed by atoms with Crippen molar-refractivity contribution in [1.29, 1.82) is 0 Å². The number of anilines is 1. The van der Waals surface area contributed by atoms with Gasteiger partial charge < -0.3 is 11.1 Å². The fourth-order valence-corrected chi connectivity index (χ4v) is 1.97. The molecule has 1 amide bonds. The molecule has 0 saturated carbocycles. The molecular weight excluding hydrogens is 224 g/mol. The Morgan fingerprint density at radius 2 is 2.00 bits per heavy atom. The molecule has 0 aliphatic heterocycles. The van der Waals surface area contributed by atoms with Crippen LogP contribution in [0.5, 0.6) is 0 Å². The average Bonchev–Trinajstić information content (AvgIpc) is 2.31. The molecule has 0 aromatic heterocycles. The normalized spacial score (nSPS) is 12.5. The van der Waals surface area contributed by atoms with Gasteiger partial charge in [-0.25, -0.2) is 0 Å². The first-order chi connectivity index (χ1) is 8.54. The van der Waals surface area contributed by atoms with Gasteiger partial charge in [-0.15, -0.1) is 0 Å². The zero-order chi connectivity index (χ0) is 13.5. The third-order valence-electron chi connectivity index (χ3n) is 2.86. The van der Waals surface area contributed by atoms with Crippen molar-refractivity contribution in [3.63, 3.8) is 0 Å². The van der Waals surface area contributed by atoms with Crippen molar-refractivity contribution in [2.75, 3.05) is 5.32 Å². The largest absolute Gasteiger partial charge is 0.324 e. The lowest BCUT2D eigenvalue weighted by molar-refractivity contribution is -0.117. The molecule has 1 rings (SSSR count). The minimum atomic E-state index is -0.431. The Bertz CT molecular complexity index is 388. The molecule has 3 N–H and O–H groups in total. The molecular formula is C15H24N2O. The van der Waals surface area contributed by atoms with E-state index in [1.54, 1.807) is 0 Å². The molecule has 0 fully saturated rings. The van der Waals surface area contributed by atoms with Crippen molar-refractivity contribution in [3.05, 3.63) is 29.8 Å². The Balaban J connectivity index is 2.69. The second-order valence-corrected chi connectivity index (χ2v) is 5.13. The minimum Gasteiger partial charge on any atom is -0.324 e. The topological polar surface area (TPSA) is 55.1 Å². The summed E-state index contributed by atoms with van der Waals surface area (Å²) in [6.07, 6.45) is 2.74. The van der Waals surface area contributed by atoms with Gasteiger partial charge in [0, 0.05) is 5.69 Å². The lowest BCUT2D eigenvalue weighted by atomic mass is 10.0. The van der Waals surface area contributed by atoms with E-state index in [0.717, 1.165) is 18.5 Å². The van der Waals surface area contributed by atoms with Gasteiger partial charge >= 0.3 is 0 Å². The number of amides is 1. The highest BCUT2D eigenvalue weighted by atomic mass is 16.2. The minimum absolute atomic E-state index is 0.0905. The molecule has 1 aromatic rings. The zero-order valence-electron chi connectivity index (χ0n) is 11.6. The highest BCUT2D eigenvalue weighted by molar-refractivity contribution is 5.95. The Hall–Kier alpha value is -1.35. The van der Waals surface area contributed by atoms with Gasteiger partial charge in [-0.1, -0.05) is 45.4 Å². The number of hydrogen-bond donors (Lipinski definition) is 2. The smallest absolute Gasteiger partial charge is 0.241 e. The van der Waals surface area contributed by atoms with Gasteiger partial charge in [0.25, 0.3) is 0 Å². The summed E-state index contributed by atoms with van der Waals surface area (Å²) >= 11 is 0. The van der Waals surface area contributed by atoms with Crippen LogP contribution in [-0.4, -0.2) is 11.9 Å². The number of hydrogen-bond acceptors (Lipinski definition) is 2. The number of carbonyl (C=O) groups is 1. The van der Waals surface area contributed by atoms with E-state index in [1.165, 1.54) is 5.56 Å². The highest BCUT2D eigenvalue weighted by Crippen LogP contribution is 2.17. The first kappa shape index (κ1) is 14.7. The van der Waals surface area contributed by atoms with Crippen LogP contribution in [0.4, 0.5) is 5.69 Å². The number of aryl methyl sites for hydroxylation is 1. The quantitative estimate of drug-likeness (QED) is 0.813. The third-order valence-corrected chi connectivity index (χ3v) is 2.86. The molecule has 18 heavy (non-hydrogen) atoms. The van der Waals surface area contributed by atoms with Gasteiger partial charge in [0.1, 0.15) is 0 Å². The number of nitrogens with one attached hydrogen (secondary N) is 1. The van der Waals surface area contributed by atoms with Crippen LogP contribution >= 0.6 is 0 Å². The van der Waals surface area contributed by atoms with Gasteiger partial charge in [0.15, 0.2) is 0 Å². The summed E-state index contributed by atoms with van der Waals surface area (Å²) in [6, 6.07) is 7.48. The molecule has 0 saturated heterocycles. The number of benzene rings is 1. The summed E-state index contributed by atoms with van der Waals surface area (Å²) in [5.74, 6) is 0.337. The molecule has 0 bridgehead atoms. The van der Waals surface area contributed by atoms with E-state index in [9.17, 15) is 4.79 Å². The molecule has 1 aromatic carbocycles. The van der Waals surface area contributed by atoms with Crippen molar-refractivity contribution < 1.29 is 4.79 Å². The molecule has 0 radical (unpaired) electrons. The first-order valence-corrected chi connectivity index (χ1v) is 6.69. The monoisotopic (exact) mass is 248 g/mol. The summed E-state index contributed by atoms with van der Waals surface area (Å²) in [5, 5.41) is 2.94. The summed E-state index contributed by atoms with van der Waals surface area (Å²) in [7, 11) is 0. The van der Waals surface area contributed by atoms with Crippen molar-refractivity contribution in [3.8, 4) is 0 Å². The van der Waals surface area contributed by atoms with E-state index >= 15 is 0 Å². The Morgan fingerprint density at radius 3 is 2.61 bits per heavy atom. The fraction of sp³-hybridized carbons (Fsp3) is 0.533. The van der Waals surface area contributed by atoms with Crippen molar-refractivity contribution in [2.45, 2.75) is 46.1 Å². The van der Waals surface area contributed by atoms with Gasteiger partial charge in [-0.05, 0) is 30.4 Å². The maximum atomic E-state index is 12.0. The first-order valence-electron chi connectivity index (χ1n) is 6.69. The van der Waals surface area contributed by atoms with Crippen LogP contribution in [-0.2, 0) is 11.2 Å². The molecule has 1 unspecified atom stereocenters. The van der Waals surface area contributed by atoms with Crippen LogP contribution in [0.1, 0.15) is 39.2 Å². The highest BCUT2D eigenvalue weighted by Gasteiger charge is 2.15. The van der Waals surface area contributed by atoms with Crippen LogP contribution in [0.3, 0.4) is 0 Å². The molecule has 3 heteroatoms. The van der Waals surface area contributed by atoms with E-state index in [1.807, 2.05) is 24.3 Å². The van der Waals surface area contributed by atoms with Crippen LogP contribution < -0.4 is 11.1 Å². The maximum absolute atomic E-state index is 12.0. The van der Waals surface area contributed by atoms with Gasteiger partial charge in [0.05, 0.1) is 6.04 Å². The van der Waals surface area contributed by atoms with Gasteiger partial charge in [-0.2, -0.15) is 0 Å². The Morgan fingerprint density at radius 1 is 1.33 bits per heavy atom. The number of carbonyl (C=O) groups excluding carboxylic acids is 1. The van der Waals surface area contributed by atoms with Gasteiger partial charge in [0.2, 0.25) is 5.91 Å². The second kappa shape index (κ2) is 7.17. The van der Waals surface area contributed by atoms with Crippen LogP contribution in [0.2, 0.25) is 0 Å². The van der Waals surface area contributed by atoms with E-state index < -0.39 is 6.04 Å². The molecule has 0 aliphatic carbocycles. The fourth-order valence-electron chi connectivity index (χ4n) is 1.97. The third kappa shape index (κ3) is 4.49. The molecule has 1 atom stereocenters.